The van der Waals surface area contributed by atoms with Crippen LogP contribution in [0.25, 0.3) is 0 Å². The fourth-order valence-electron chi connectivity index (χ4n) is 4.47. The molecular formula is C30H34Cl2FN4O6Si-. The van der Waals surface area contributed by atoms with E-state index in [0.717, 1.165) is 6.04 Å². The maximum absolute atomic E-state index is 16.3. The minimum Gasteiger partial charge on any atom is -0.530 e. The second-order valence-electron chi connectivity index (χ2n) is 12.4. The lowest BCUT2D eigenvalue weighted by molar-refractivity contribution is -0.265. The topological polar surface area (TPSA) is 141 Å². The van der Waals surface area contributed by atoms with Gasteiger partial charge in [0.1, 0.15) is 24.3 Å². The zero-order valence-corrected chi connectivity index (χ0v) is 27.8. The monoisotopic (exact) mass is 663 g/mol. The van der Waals surface area contributed by atoms with Gasteiger partial charge in [-0.1, -0.05) is 69.7 Å². The molecule has 1 heterocycles. The lowest BCUT2D eigenvalue weighted by Gasteiger charge is -2.41. The molecule has 2 aromatic carbocycles. The van der Waals surface area contributed by atoms with E-state index in [4.69, 9.17) is 32.7 Å². The summed E-state index contributed by atoms with van der Waals surface area (Å²) in [4.78, 5) is 30.9. The molecular weight excluding hydrogens is 630 g/mol. The first-order chi connectivity index (χ1) is 20.5. The van der Waals surface area contributed by atoms with Crippen molar-refractivity contribution in [2.45, 2.75) is 65.8 Å². The standard InChI is InChI=1S/C30H35Cl2FN4O6Si/c1-30(2,3)26(21-7-8-22(31)25(23(21)33)43-20-12-18(14-34)11-19(13-20)15-38)37(29(40)41)28(39)24-27(32)35-16-36(24)17-42-9-10-44(4,5)6/h7-8,11-13,16,26,38H,9-10,15,17H2,1-6H3,(H,40,41)/p-1. The molecule has 0 aliphatic carbocycles. The summed E-state index contributed by atoms with van der Waals surface area (Å²) in [5.74, 6) is -2.59. The van der Waals surface area contributed by atoms with Gasteiger partial charge in [-0.15, -0.1) is 0 Å². The highest BCUT2D eigenvalue weighted by Gasteiger charge is 2.40. The number of carbonyl (C=O) groups is 2. The highest BCUT2D eigenvalue weighted by Crippen LogP contribution is 2.44. The van der Waals surface area contributed by atoms with E-state index in [1.165, 1.54) is 41.2 Å². The summed E-state index contributed by atoms with van der Waals surface area (Å²) >= 11 is 12.6. The molecule has 2 amide bonds. The summed E-state index contributed by atoms with van der Waals surface area (Å²) < 4.78 is 29.1. The fraction of sp³-hybridized carbons (Fsp3) is 0.400. The van der Waals surface area contributed by atoms with Crippen LogP contribution in [0.1, 0.15) is 54.0 Å². The number of aliphatic hydroxyl groups is 1. The maximum atomic E-state index is 16.3. The van der Waals surface area contributed by atoms with Crippen molar-refractivity contribution in [3.63, 3.8) is 0 Å². The SMILES string of the molecule is CC(C)(C)C(c1ccc(Cl)c(Oc2cc(C#N)cc(CO)c2)c1F)N(C(=O)[O-])C(=O)c1c(Cl)ncn1COCC[Si](C)(C)C. The Labute approximate surface area is 266 Å². The number of amides is 2. The average molecular weight is 665 g/mol. The molecule has 0 aliphatic rings. The molecule has 0 spiro atoms. The number of carboxylic acid groups (broad SMARTS) is 1. The van der Waals surface area contributed by atoms with Crippen molar-refractivity contribution in [1.82, 2.24) is 14.5 Å². The molecule has 0 saturated heterocycles. The van der Waals surface area contributed by atoms with E-state index in [2.05, 4.69) is 24.6 Å². The Hall–Kier alpha value is -3.47. The summed E-state index contributed by atoms with van der Waals surface area (Å²) in [5.41, 5.74) is -1.10. The molecule has 14 heteroatoms. The van der Waals surface area contributed by atoms with Crippen LogP contribution in [0.2, 0.25) is 35.9 Å². The molecule has 10 nitrogen and oxygen atoms in total. The van der Waals surface area contributed by atoms with Gasteiger partial charge in [-0.3, -0.25) is 9.69 Å². The van der Waals surface area contributed by atoms with Crippen LogP contribution in [0.3, 0.4) is 0 Å². The van der Waals surface area contributed by atoms with Gasteiger partial charge in [-0.05, 0) is 41.3 Å². The molecule has 1 aromatic heterocycles. The Morgan fingerprint density at radius 1 is 1.23 bits per heavy atom. The minimum absolute atomic E-state index is 0.0102. The molecule has 3 rings (SSSR count). The first-order valence-electron chi connectivity index (χ1n) is 13.6. The van der Waals surface area contributed by atoms with Crippen LogP contribution < -0.4 is 9.84 Å². The van der Waals surface area contributed by atoms with E-state index >= 15 is 4.39 Å². The fourth-order valence-corrected chi connectivity index (χ4v) is 5.64. The van der Waals surface area contributed by atoms with E-state index in [9.17, 15) is 25.1 Å². The largest absolute Gasteiger partial charge is 0.530 e. The highest BCUT2D eigenvalue weighted by molar-refractivity contribution is 6.76. The van der Waals surface area contributed by atoms with Gasteiger partial charge < -0.3 is 29.0 Å². The Balaban J connectivity index is 2.08. The van der Waals surface area contributed by atoms with Crippen molar-refractivity contribution < 1.29 is 33.7 Å². The van der Waals surface area contributed by atoms with Crippen LogP contribution in [-0.2, 0) is 18.1 Å². The molecule has 1 N–H and O–H groups in total. The Morgan fingerprint density at radius 2 is 1.91 bits per heavy atom. The molecule has 1 atom stereocenters. The number of aromatic nitrogens is 2. The third-order valence-corrected chi connectivity index (χ3v) is 8.87. The number of nitrogens with zero attached hydrogens (tertiary/aromatic N) is 4. The maximum Gasteiger partial charge on any atom is 0.279 e. The van der Waals surface area contributed by atoms with Gasteiger partial charge in [0, 0.05) is 20.2 Å². The lowest BCUT2D eigenvalue weighted by atomic mass is 9.80. The minimum atomic E-state index is -1.90. The average Bonchev–Trinajstić information content (AvgIpc) is 3.30. The zero-order valence-electron chi connectivity index (χ0n) is 25.3. The number of rotatable bonds is 11. The normalized spacial score (nSPS) is 12.5. The zero-order chi connectivity index (χ0) is 33.0. The van der Waals surface area contributed by atoms with E-state index in [1.807, 2.05) is 6.07 Å². The smallest absolute Gasteiger partial charge is 0.279 e. The van der Waals surface area contributed by atoms with Crippen LogP contribution >= 0.6 is 23.2 Å². The number of nitriles is 1. The van der Waals surface area contributed by atoms with Crippen LogP contribution in [0.15, 0.2) is 36.7 Å². The van der Waals surface area contributed by atoms with Crippen LogP contribution in [0, 0.1) is 22.6 Å². The van der Waals surface area contributed by atoms with Crippen molar-refractivity contribution in [3.05, 3.63) is 75.0 Å². The van der Waals surface area contributed by atoms with E-state index < -0.39 is 49.7 Å². The van der Waals surface area contributed by atoms with Crippen molar-refractivity contribution in [3.8, 4) is 17.6 Å². The predicted octanol–water partition coefficient (Wildman–Crippen LogP) is 6.37. The first kappa shape index (κ1) is 35.0. The van der Waals surface area contributed by atoms with Crippen LogP contribution in [0.4, 0.5) is 9.18 Å². The van der Waals surface area contributed by atoms with Gasteiger partial charge in [0.15, 0.2) is 16.7 Å². The quantitative estimate of drug-likeness (QED) is 0.184. The Morgan fingerprint density at radius 3 is 2.48 bits per heavy atom. The third-order valence-electron chi connectivity index (χ3n) is 6.59. The number of hydrogen-bond donors (Lipinski definition) is 1. The molecule has 0 radical (unpaired) electrons. The van der Waals surface area contributed by atoms with Gasteiger partial charge in [-0.25, -0.2) is 9.37 Å². The van der Waals surface area contributed by atoms with Gasteiger partial charge in [0.25, 0.3) is 5.91 Å². The number of benzene rings is 2. The van der Waals surface area contributed by atoms with Crippen molar-refractivity contribution in [1.29, 1.82) is 5.26 Å². The van der Waals surface area contributed by atoms with Gasteiger partial charge in [0.05, 0.1) is 35.6 Å². The van der Waals surface area contributed by atoms with Crippen LogP contribution in [-0.4, -0.2) is 46.2 Å². The summed E-state index contributed by atoms with van der Waals surface area (Å²) in [7, 11) is -1.40. The van der Waals surface area contributed by atoms with E-state index in [-0.39, 0.29) is 39.5 Å². The summed E-state index contributed by atoms with van der Waals surface area (Å²) in [6, 6.07) is 8.06. The summed E-state index contributed by atoms with van der Waals surface area (Å²) in [5, 5.41) is 31.1. The molecule has 236 valence electrons. The van der Waals surface area contributed by atoms with E-state index in [0.29, 0.717) is 17.1 Å². The second-order valence-corrected chi connectivity index (χ2v) is 18.8. The highest BCUT2D eigenvalue weighted by atomic mass is 35.5. The molecule has 0 aliphatic heterocycles. The second kappa shape index (κ2) is 14.1. The van der Waals surface area contributed by atoms with Gasteiger partial charge >= 0.3 is 0 Å². The third kappa shape index (κ3) is 8.37. The number of imide groups is 1. The van der Waals surface area contributed by atoms with Gasteiger partial charge in [0.2, 0.25) is 0 Å². The van der Waals surface area contributed by atoms with Crippen molar-refractivity contribution in [2.24, 2.45) is 5.41 Å². The number of ether oxygens (including phenoxy) is 2. The molecule has 0 bridgehead atoms. The Kier molecular flexibility index (Phi) is 11.2. The van der Waals surface area contributed by atoms with Crippen molar-refractivity contribution >= 4 is 43.3 Å². The molecule has 0 fully saturated rings. The molecule has 3 aromatic rings. The first-order valence-corrected chi connectivity index (χ1v) is 18.1. The predicted molar refractivity (Wildman–Crippen MR) is 164 cm³/mol. The molecule has 0 saturated carbocycles. The van der Waals surface area contributed by atoms with E-state index in [1.54, 1.807) is 20.8 Å². The number of hydrogen-bond acceptors (Lipinski definition) is 8. The molecule has 44 heavy (non-hydrogen) atoms. The van der Waals surface area contributed by atoms with Crippen LogP contribution in [0.5, 0.6) is 11.5 Å². The summed E-state index contributed by atoms with van der Waals surface area (Å²) in [6.45, 7) is 11.3. The van der Waals surface area contributed by atoms with Crippen molar-refractivity contribution in [2.75, 3.05) is 6.61 Å². The number of carbonyl (C=O) groups excluding carboxylic acids is 2. The molecule has 1 unspecified atom stereocenters. The van der Waals surface area contributed by atoms with Gasteiger partial charge in [-0.2, -0.15) is 5.26 Å². The summed E-state index contributed by atoms with van der Waals surface area (Å²) in [6.07, 6.45) is -0.640. The number of halogens is 3. The number of aliphatic hydroxyl groups excluding tert-OH is 1. The number of imidazole rings is 1. The lowest BCUT2D eigenvalue weighted by Crippen LogP contribution is -2.51. The Bertz CT molecular complexity index is 1580.